The lowest BCUT2D eigenvalue weighted by atomic mass is 9.92. The fourth-order valence-electron chi connectivity index (χ4n) is 2.50. The average molecular weight is 263 g/mol. The van der Waals surface area contributed by atoms with Crippen molar-refractivity contribution in [1.29, 1.82) is 0 Å². The lowest BCUT2D eigenvalue weighted by Gasteiger charge is -2.15. The molecule has 1 aliphatic rings. The van der Waals surface area contributed by atoms with E-state index in [2.05, 4.69) is 25.8 Å². The molecule has 2 aromatic rings. The van der Waals surface area contributed by atoms with Crippen LogP contribution in [-0.4, -0.2) is 4.98 Å². The van der Waals surface area contributed by atoms with Crippen LogP contribution in [0.25, 0.3) is 10.2 Å². The maximum Gasteiger partial charge on any atom is 0.348 e. The molecule has 18 heavy (non-hydrogen) atoms. The SMILES string of the molecule is CC(C)(C)Cc1nc2sc3c(c2c(=O)o1)CCC3. The zero-order valence-electron chi connectivity index (χ0n) is 11.0. The molecule has 0 saturated heterocycles. The summed E-state index contributed by atoms with van der Waals surface area (Å²) in [4.78, 5) is 18.8. The first-order valence-corrected chi connectivity index (χ1v) is 7.20. The number of aromatic nitrogens is 1. The van der Waals surface area contributed by atoms with E-state index in [1.165, 1.54) is 10.4 Å². The number of hydrogen-bond acceptors (Lipinski definition) is 4. The number of rotatable bonds is 1. The number of fused-ring (bicyclic) bond motifs is 3. The van der Waals surface area contributed by atoms with Gasteiger partial charge in [0.2, 0.25) is 0 Å². The van der Waals surface area contributed by atoms with E-state index in [0.29, 0.717) is 12.3 Å². The van der Waals surface area contributed by atoms with Crippen molar-refractivity contribution >= 4 is 21.6 Å². The second kappa shape index (κ2) is 3.92. The Morgan fingerprint density at radius 2 is 2.11 bits per heavy atom. The lowest BCUT2D eigenvalue weighted by molar-refractivity contribution is 0.338. The van der Waals surface area contributed by atoms with E-state index < -0.39 is 0 Å². The summed E-state index contributed by atoms with van der Waals surface area (Å²) in [5.74, 6) is 0.569. The minimum absolute atomic E-state index is 0.0800. The van der Waals surface area contributed by atoms with Crippen LogP contribution in [0.15, 0.2) is 9.21 Å². The van der Waals surface area contributed by atoms with Crippen molar-refractivity contribution in [1.82, 2.24) is 4.98 Å². The molecule has 3 rings (SSSR count). The third-order valence-corrected chi connectivity index (χ3v) is 4.41. The zero-order chi connectivity index (χ0) is 12.9. The molecule has 2 heterocycles. The van der Waals surface area contributed by atoms with E-state index >= 15 is 0 Å². The van der Waals surface area contributed by atoms with Gasteiger partial charge in [0.1, 0.15) is 10.2 Å². The number of thiophene rings is 1. The van der Waals surface area contributed by atoms with Crippen LogP contribution >= 0.6 is 11.3 Å². The van der Waals surface area contributed by atoms with E-state index in [1.807, 2.05) is 0 Å². The lowest BCUT2D eigenvalue weighted by Crippen LogP contribution is -2.13. The van der Waals surface area contributed by atoms with Crippen LogP contribution in [0.2, 0.25) is 0 Å². The van der Waals surface area contributed by atoms with Gasteiger partial charge in [-0.3, -0.25) is 0 Å². The van der Waals surface area contributed by atoms with Gasteiger partial charge in [-0.25, -0.2) is 9.78 Å². The Morgan fingerprint density at radius 3 is 2.83 bits per heavy atom. The predicted octanol–water partition coefficient (Wildman–Crippen LogP) is 3.33. The van der Waals surface area contributed by atoms with E-state index in [1.54, 1.807) is 11.3 Å². The molecule has 0 aliphatic heterocycles. The molecule has 0 saturated carbocycles. The van der Waals surface area contributed by atoms with Crippen molar-refractivity contribution in [2.45, 2.75) is 46.5 Å². The molecule has 0 N–H and O–H groups in total. The molecule has 1 aliphatic carbocycles. The van der Waals surface area contributed by atoms with E-state index in [9.17, 15) is 4.79 Å². The number of nitrogens with zero attached hydrogens (tertiary/aromatic N) is 1. The Labute approximate surface area is 110 Å². The quantitative estimate of drug-likeness (QED) is 0.792. The molecule has 2 aromatic heterocycles. The molecule has 4 heteroatoms. The van der Waals surface area contributed by atoms with Crippen molar-refractivity contribution in [2.24, 2.45) is 5.41 Å². The van der Waals surface area contributed by atoms with Gasteiger partial charge in [0.05, 0.1) is 0 Å². The molecule has 0 unspecified atom stereocenters. The van der Waals surface area contributed by atoms with Crippen molar-refractivity contribution in [3.05, 3.63) is 26.8 Å². The second-order valence-electron chi connectivity index (χ2n) is 6.17. The van der Waals surface area contributed by atoms with Crippen LogP contribution in [0.3, 0.4) is 0 Å². The van der Waals surface area contributed by atoms with Crippen LogP contribution in [-0.2, 0) is 19.3 Å². The molecule has 0 radical (unpaired) electrons. The minimum Gasteiger partial charge on any atom is -0.408 e. The van der Waals surface area contributed by atoms with Crippen molar-refractivity contribution < 1.29 is 4.42 Å². The van der Waals surface area contributed by atoms with Crippen molar-refractivity contribution in [3.63, 3.8) is 0 Å². The molecule has 0 bridgehead atoms. The maximum absolute atomic E-state index is 12.1. The Balaban J connectivity index is 2.15. The van der Waals surface area contributed by atoms with Gasteiger partial charge in [-0.05, 0) is 30.2 Å². The van der Waals surface area contributed by atoms with Gasteiger partial charge >= 0.3 is 5.63 Å². The van der Waals surface area contributed by atoms with Crippen LogP contribution < -0.4 is 5.63 Å². The van der Waals surface area contributed by atoms with Gasteiger partial charge in [0.25, 0.3) is 0 Å². The predicted molar refractivity (Wildman–Crippen MR) is 73.3 cm³/mol. The van der Waals surface area contributed by atoms with Crippen molar-refractivity contribution in [2.75, 3.05) is 0 Å². The largest absolute Gasteiger partial charge is 0.408 e. The first-order valence-electron chi connectivity index (χ1n) is 6.38. The fraction of sp³-hybridized carbons (Fsp3) is 0.571. The molecular formula is C14H17NO2S. The van der Waals surface area contributed by atoms with Crippen LogP contribution in [0.5, 0.6) is 0 Å². The van der Waals surface area contributed by atoms with Gasteiger partial charge in [-0.1, -0.05) is 20.8 Å². The minimum atomic E-state index is -0.196. The Hall–Kier alpha value is -1.16. The van der Waals surface area contributed by atoms with E-state index in [0.717, 1.165) is 29.5 Å². The molecule has 96 valence electrons. The second-order valence-corrected chi connectivity index (χ2v) is 7.25. The van der Waals surface area contributed by atoms with Gasteiger partial charge in [-0.2, -0.15) is 0 Å². The highest BCUT2D eigenvalue weighted by molar-refractivity contribution is 7.18. The first-order chi connectivity index (χ1) is 8.44. The standard InChI is InChI=1S/C14H17NO2S/c1-14(2,3)7-10-15-12-11(13(16)17-10)8-5-4-6-9(8)18-12/h4-7H2,1-3H3. The summed E-state index contributed by atoms with van der Waals surface area (Å²) in [6, 6.07) is 0. The third-order valence-electron chi connectivity index (χ3n) is 3.23. The summed E-state index contributed by atoms with van der Waals surface area (Å²) in [6.07, 6.45) is 3.94. The molecule has 0 aromatic carbocycles. The van der Waals surface area contributed by atoms with Crippen LogP contribution in [0, 0.1) is 5.41 Å². The summed E-state index contributed by atoms with van der Waals surface area (Å²) in [6.45, 7) is 6.35. The fourth-order valence-corrected chi connectivity index (χ4v) is 3.77. The molecule has 0 spiro atoms. The highest BCUT2D eigenvalue weighted by atomic mass is 32.1. The van der Waals surface area contributed by atoms with Crippen LogP contribution in [0.1, 0.15) is 43.5 Å². The van der Waals surface area contributed by atoms with Crippen molar-refractivity contribution in [3.8, 4) is 0 Å². The summed E-state index contributed by atoms with van der Waals surface area (Å²) >= 11 is 1.67. The van der Waals surface area contributed by atoms with Gasteiger partial charge in [0.15, 0.2) is 5.89 Å². The van der Waals surface area contributed by atoms with Gasteiger partial charge in [0, 0.05) is 11.3 Å². The average Bonchev–Trinajstić information content (AvgIpc) is 2.72. The summed E-state index contributed by atoms with van der Waals surface area (Å²) in [7, 11) is 0. The molecule has 0 fully saturated rings. The van der Waals surface area contributed by atoms with Gasteiger partial charge < -0.3 is 4.42 Å². The molecule has 3 nitrogen and oxygen atoms in total. The Bertz CT molecular complexity index is 661. The van der Waals surface area contributed by atoms with E-state index in [4.69, 9.17) is 4.42 Å². The van der Waals surface area contributed by atoms with Crippen LogP contribution in [0.4, 0.5) is 0 Å². The Kier molecular flexibility index (Phi) is 2.59. The zero-order valence-corrected chi connectivity index (χ0v) is 11.8. The Morgan fingerprint density at radius 1 is 1.33 bits per heavy atom. The topological polar surface area (TPSA) is 43.1 Å². The number of aryl methyl sites for hydroxylation is 2. The molecular weight excluding hydrogens is 246 g/mol. The number of hydrogen-bond donors (Lipinski definition) is 0. The summed E-state index contributed by atoms with van der Waals surface area (Å²) < 4.78 is 5.39. The maximum atomic E-state index is 12.1. The van der Waals surface area contributed by atoms with E-state index in [-0.39, 0.29) is 11.0 Å². The first kappa shape index (κ1) is 11.9. The molecule has 0 amide bonds. The summed E-state index contributed by atoms with van der Waals surface area (Å²) in [5.41, 5.74) is 1.08. The highest BCUT2D eigenvalue weighted by Gasteiger charge is 2.23. The summed E-state index contributed by atoms with van der Waals surface area (Å²) in [5, 5.41) is 0.741. The van der Waals surface area contributed by atoms with Gasteiger partial charge in [-0.15, -0.1) is 11.3 Å². The highest BCUT2D eigenvalue weighted by Crippen LogP contribution is 2.35. The normalized spacial score (nSPS) is 15.3. The molecule has 0 atom stereocenters. The monoisotopic (exact) mass is 263 g/mol. The smallest absolute Gasteiger partial charge is 0.348 e. The third kappa shape index (κ3) is 1.99.